The van der Waals surface area contributed by atoms with E-state index in [0.717, 1.165) is 5.57 Å². The number of hydrogen-bond donors (Lipinski definition) is 0. The molecule has 0 N–H and O–H groups in total. The van der Waals surface area contributed by atoms with E-state index < -0.39 is 0 Å². The molecule has 1 aliphatic heterocycles. The Balaban J connectivity index is 2.26. The maximum atomic E-state index is 12.3. The highest BCUT2D eigenvalue weighted by atomic mass is 16.2. The van der Waals surface area contributed by atoms with Gasteiger partial charge >= 0.3 is 0 Å². The first-order chi connectivity index (χ1) is 10.0. The van der Waals surface area contributed by atoms with Gasteiger partial charge in [-0.1, -0.05) is 31.4 Å². The van der Waals surface area contributed by atoms with Gasteiger partial charge in [-0.15, -0.1) is 0 Å². The monoisotopic (exact) mass is 285 g/mol. The molecule has 4 nitrogen and oxygen atoms in total. The molecule has 0 bridgehead atoms. The lowest BCUT2D eigenvalue weighted by molar-refractivity contribution is -0.138. The molecule has 110 valence electrons. The summed E-state index contributed by atoms with van der Waals surface area (Å²) in [5.41, 5.74) is 0.975. The number of rotatable bonds is 5. The zero-order valence-corrected chi connectivity index (χ0v) is 12.1. The minimum absolute atomic E-state index is 0.100. The smallest absolute Gasteiger partial charge is 0.233 e. The molecule has 0 aromatic carbocycles. The molecule has 3 atom stereocenters. The van der Waals surface area contributed by atoms with Gasteiger partial charge in [0.05, 0.1) is 11.8 Å². The highest BCUT2D eigenvalue weighted by Gasteiger charge is 2.50. The third-order valence-corrected chi connectivity index (χ3v) is 4.28. The van der Waals surface area contributed by atoms with Gasteiger partial charge in [-0.05, 0) is 36.5 Å². The Morgan fingerprint density at radius 2 is 2.10 bits per heavy atom. The van der Waals surface area contributed by atoms with Crippen LogP contribution in [0.3, 0.4) is 0 Å². The molecule has 2 amide bonds. The molecule has 1 aliphatic carbocycles. The van der Waals surface area contributed by atoms with Crippen molar-refractivity contribution in [2.75, 3.05) is 7.05 Å². The van der Waals surface area contributed by atoms with Crippen LogP contribution in [0.4, 0.5) is 0 Å². The summed E-state index contributed by atoms with van der Waals surface area (Å²) in [5.74, 6) is -1.14. The van der Waals surface area contributed by atoms with Gasteiger partial charge in [0.1, 0.15) is 0 Å². The number of likely N-dealkylation sites (tertiary alicyclic amines) is 1. The van der Waals surface area contributed by atoms with Crippen molar-refractivity contribution in [2.45, 2.75) is 12.8 Å². The number of fused-ring (bicyclic) bond motifs is 1. The second kappa shape index (κ2) is 6.04. The molecule has 0 aromatic heterocycles. The van der Waals surface area contributed by atoms with E-state index in [1.165, 1.54) is 24.1 Å². The first kappa shape index (κ1) is 15.2. The van der Waals surface area contributed by atoms with Crippen molar-refractivity contribution in [1.29, 1.82) is 0 Å². The Hall–Kier alpha value is -2.23. The van der Waals surface area contributed by atoms with E-state index in [-0.39, 0.29) is 35.4 Å². The molecular formula is C17H19NO3. The molecule has 4 heteroatoms. The second-order valence-corrected chi connectivity index (χ2v) is 5.36. The number of hydrogen-bond acceptors (Lipinski definition) is 3. The lowest BCUT2D eigenvalue weighted by Gasteiger charge is -2.29. The summed E-state index contributed by atoms with van der Waals surface area (Å²) in [6, 6.07) is 0. The van der Waals surface area contributed by atoms with E-state index in [2.05, 4.69) is 13.2 Å². The van der Waals surface area contributed by atoms with Crippen molar-refractivity contribution in [3.05, 3.63) is 49.1 Å². The molecular weight excluding hydrogens is 266 g/mol. The van der Waals surface area contributed by atoms with Gasteiger partial charge in [-0.2, -0.15) is 0 Å². The van der Waals surface area contributed by atoms with Gasteiger partial charge in [0.25, 0.3) is 0 Å². The topological polar surface area (TPSA) is 54.5 Å². The van der Waals surface area contributed by atoms with Gasteiger partial charge in [0, 0.05) is 7.05 Å². The molecule has 0 unspecified atom stereocenters. The van der Waals surface area contributed by atoms with E-state index in [9.17, 15) is 14.4 Å². The molecule has 0 aromatic rings. The van der Waals surface area contributed by atoms with Crippen molar-refractivity contribution in [3.63, 3.8) is 0 Å². The summed E-state index contributed by atoms with van der Waals surface area (Å²) < 4.78 is 0. The Bertz CT molecular complexity index is 571. The minimum atomic E-state index is -0.344. The van der Waals surface area contributed by atoms with Crippen molar-refractivity contribution >= 4 is 17.6 Å². The van der Waals surface area contributed by atoms with Crippen LogP contribution in [0.2, 0.25) is 0 Å². The number of amides is 2. The summed E-state index contributed by atoms with van der Waals surface area (Å²) in [5, 5.41) is 0. The quantitative estimate of drug-likeness (QED) is 0.574. The zero-order chi connectivity index (χ0) is 15.6. The Labute approximate surface area is 124 Å². The highest BCUT2D eigenvalue weighted by Crippen LogP contribution is 2.43. The van der Waals surface area contributed by atoms with E-state index in [1.807, 2.05) is 6.08 Å². The van der Waals surface area contributed by atoms with Crippen LogP contribution in [0.5, 0.6) is 0 Å². The van der Waals surface area contributed by atoms with Crippen molar-refractivity contribution in [3.8, 4) is 0 Å². The van der Waals surface area contributed by atoms with Crippen molar-refractivity contribution in [2.24, 2.45) is 17.8 Å². The molecule has 1 saturated heterocycles. The van der Waals surface area contributed by atoms with Gasteiger partial charge < -0.3 is 0 Å². The summed E-state index contributed by atoms with van der Waals surface area (Å²) in [6.45, 7) is 7.19. The van der Waals surface area contributed by atoms with Crippen LogP contribution < -0.4 is 0 Å². The third-order valence-electron chi connectivity index (χ3n) is 4.28. The summed E-state index contributed by atoms with van der Waals surface area (Å²) in [6.07, 6.45) is 9.25. The van der Waals surface area contributed by atoms with Crippen LogP contribution in [0.15, 0.2) is 49.1 Å². The van der Waals surface area contributed by atoms with Crippen molar-refractivity contribution in [1.82, 2.24) is 4.90 Å². The van der Waals surface area contributed by atoms with Crippen LogP contribution in [0.25, 0.3) is 0 Å². The average Bonchev–Trinajstić information content (AvgIpc) is 2.72. The summed E-state index contributed by atoms with van der Waals surface area (Å²) in [7, 11) is 1.53. The van der Waals surface area contributed by atoms with E-state index in [4.69, 9.17) is 0 Å². The van der Waals surface area contributed by atoms with Crippen LogP contribution in [-0.2, 0) is 14.4 Å². The number of nitrogens with zero attached hydrogens (tertiary/aromatic N) is 1. The normalized spacial score (nSPS) is 28.5. The first-order valence-corrected chi connectivity index (χ1v) is 6.98. The van der Waals surface area contributed by atoms with Crippen molar-refractivity contribution < 1.29 is 14.4 Å². The van der Waals surface area contributed by atoms with Crippen LogP contribution in [-0.4, -0.2) is 29.5 Å². The van der Waals surface area contributed by atoms with Crippen LogP contribution >= 0.6 is 0 Å². The molecule has 2 aliphatic rings. The highest BCUT2D eigenvalue weighted by molar-refractivity contribution is 6.05. The lowest BCUT2D eigenvalue weighted by Crippen LogP contribution is -2.31. The van der Waals surface area contributed by atoms with Gasteiger partial charge in [0.15, 0.2) is 5.78 Å². The van der Waals surface area contributed by atoms with E-state index >= 15 is 0 Å². The number of ketones is 1. The summed E-state index contributed by atoms with van der Waals surface area (Å²) in [4.78, 5) is 36.8. The number of imide groups is 1. The molecule has 1 fully saturated rings. The zero-order valence-electron chi connectivity index (χ0n) is 12.1. The average molecular weight is 285 g/mol. The van der Waals surface area contributed by atoms with E-state index in [1.54, 1.807) is 12.2 Å². The van der Waals surface area contributed by atoms with E-state index in [0.29, 0.717) is 12.8 Å². The van der Waals surface area contributed by atoms with Crippen LogP contribution in [0, 0.1) is 17.8 Å². The fourth-order valence-electron chi connectivity index (χ4n) is 3.14. The number of allylic oxidation sites excluding steroid dienone is 6. The van der Waals surface area contributed by atoms with Gasteiger partial charge in [-0.25, -0.2) is 0 Å². The Morgan fingerprint density at radius 1 is 1.38 bits per heavy atom. The number of carbonyl (C=O) groups is 3. The Kier molecular flexibility index (Phi) is 4.36. The molecule has 0 spiro atoms. The largest absolute Gasteiger partial charge is 0.290 e. The fraction of sp³-hybridized carbons (Fsp3) is 0.353. The fourth-order valence-corrected chi connectivity index (χ4v) is 3.14. The first-order valence-electron chi connectivity index (χ1n) is 6.98. The third kappa shape index (κ3) is 2.66. The Morgan fingerprint density at radius 3 is 2.71 bits per heavy atom. The number of carbonyl (C=O) groups excluding carboxylic acids is 3. The second-order valence-electron chi connectivity index (χ2n) is 5.36. The summed E-state index contributed by atoms with van der Waals surface area (Å²) >= 11 is 0. The molecule has 0 saturated carbocycles. The minimum Gasteiger partial charge on any atom is -0.290 e. The predicted octanol–water partition coefficient (Wildman–Crippen LogP) is 2.05. The van der Waals surface area contributed by atoms with Gasteiger partial charge in [0.2, 0.25) is 11.8 Å². The molecule has 2 rings (SSSR count). The standard InChI is InChI=1S/C17H19NO3/c1-4-11-9-10-14-15(17(21)18(3)16(14)20)13(11)8-6-7-12(19)5-2/h4-7,9,13-15H,1-2,8,10H2,3H3/b7-6-/t13-,14-,15+/m0/s1. The SMILES string of the molecule is C=CC(=O)/C=C\C[C@H]1C(C=C)=CC[C@@H]2C(=O)N(C)C(=O)[C@@H]21. The molecule has 21 heavy (non-hydrogen) atoms. The van der Waals surface area contributed by atoms with Crippen LogP contribution in [0.1, 0.15) is 12.8 Å². The maximum Gasteiger partial charge on any atom is 0.233 e. The molecule has 1 heterocycles. The maximum absolute atomic E-state index is 12.3. The molecule has 0 radical (unpaired) electrons. The van der Waals surface area contributed by atoms with Gasteiger partial charge in [-0.3, -0.25) is 19.3 Å². The lowest BCUT2D eigenvalue weighted by atomic mass is 9.71. The predicted molar refractivity (Wildman–Crippen MR) is 80.1 cm³/mol.